The molecule has 13 heavy (non-hydrogen) atoms. The summed E-state index contributed by atoms with van der Waals surface area (Å²) in [5, 5.41) is 0. The summed E-state index contributed by atoms with van der Waals surface area (Å²) in [5.74, 6) is 0. The molecule has 0 saturated carbocycles. The van der Waals surface area contributed by atoms with E-state index in [4.69, 9.17) is 10.5 Å². The van der Waals surface area contributed by atoms with Crippen LogP contribution >= 0.6 is 0 Å². The van der Waals surface area contributed by atoms with E-state index in [0.29, 0.717) is 0 Å². The Morgan fingerprint density at radius 2 is 2.31 bits per heavy atom. The largest absolute Gasteiger partial charge is 0.374 e. The minimum absolute atomic E-state index is 0.102. The summed E-state index contributed by atoms with van der Waals surface area (Å²) >= 11 is 0. The van der Waals surface area contributed by atoms with Crippen LogP contribution in [0.2, 0.25) is 0 Å². The zero-order valence-corrected chi connectivity index (χ0v) is 8.81. The molecule has 0 aromatic rings. The van der Waals surface area contributed by atoms with Crippen molar-refractivity contribution in [3.63, 3.8) is 0 Å². The van der Waals surface area contributed by atoms with E-state index in [9.17, 15) is 0 Å². The Morgan fingerprint density at radius 1 is 1.62 bits per heavy atom. The van der Waals surface area contributed by atoms with Crippen LogP contribution in [0.1, 0.15) is 39.5 Å². The van der Waals surface area contributed by atoms with Gasteiger partial charge in [0.05, 0.1) is 5.60 Å². The number of ether oxygens (including phenoxy) is 1. The van der Waals surface area contributed by atoms with Crippen molar-refractivity contribution in [1.82, 2.24) is 0 Å². The van der Waals surface area contributed by atoms with Crippen LogP contribution in [0.3, 0.4) is 0 Å². The van der Waals surface area contributed by atoms with Gasteiger partial charge < -0.3 is 10.5 Å². The molecule has 1 saturated heterocycles. The van der Waals surface area contributed by atoms with Gasteiger partial charge in [0, 0.05) is 12.6 Å². The molecule has 1 aliphatic rings. The Kier molecular flexibility index (Phi) is 3.51. The molecule has 2 unspecified atom stereocenters. The number of hydrogen-bond acceptors (Lipinski definition) is 2. The molecule has 76 valence electrons. The molecule has 0 amide bonds. The van der Waals surface area contributed by atoms with E-state index in [2.05, 4.69) is 13.5 Å². The lowest BCUT2D eigenvalue weighted by atomic mass is 9.86. The maximum atomic E-state index is 6.10. The molecule has 1 heterocycles. The maximum Gasteiger partial charge on any atom is 0.0807 e. The summed E-state index contributed by atoms with van der Waals surface area (Å²) in [4.78, 5) is 0. The highest BCUT2D eigenvalue weighted by Crippen LogP contribution is 2.29. The number of hydrogen-bond donors (Lipinski definition) is 1. The summed E-state index contributed by atoms with van der Waals surface area (Å²) in [6.07, 6.45) is 4.37. The lowest BCUT2D eigenvalue weighted by Gasteiger charge is -2.38. The monoisotopic (exact) mass is 183 g/mol. The second-order valence-corrected chi connectivity index (χ2v) is 4.39. The number of nitrogens with two attached hydrogens (primary N) is 1. The van der Waals surface area contributed by atoms with Crippen LogP contribution in [0, 0.1) is 0 Å². The second kappa shape index (κ2) is 4.25. The zero-order chi connectivity index (χ0) is 9.90. The van der Waals surface area contributed by atoms with Crippen LogP contribution in [-0.2, 0) is 4.74 Å². The van der Waals surface area contributed by atoms with Crippen molar-refractivity contribution in [2.45, 2.75) is 51.2 Å². The topological polar surface area (TPSA) is 35.2 Å². The first kappa shape index (κ1) is 10.7. The standard InChI is InChI=1S/C11H21NO/c1-9(2)8-10(12)11(3)6-4-5-7-13-11/h10H,1,4-8,12H2,2-3H3. The molecule has 0 radical (unpaired) electrons. The summed E-state index contributed by atoms with van der Waals surface area (Å²) in [5.41, 5.74) is 7.13. The van der Waals surface area contributed by atoms with E-state index in [1.54, 1.807) is 0 Å². The summed E-state index contributed by atoms with van der Waals surface area (Å²) < 4.78 is 5.76. The highest BCUT2D eigenvalue weighted by Gasteiger charge is 2.34. The smallest absolute Gasteiger partial charge is 0.0807 e. The highest BCUT2D eigenvalue weighted by atomic mass is 16.5. The molecule has 2 N–H and O–H groups in total. The SMILES string of the molecule is C=C(C)CC(N)C1(C)CCCCO1. The fourth-order valence-corrected chi connectivity index (χ4v) is 1.84. The first-order valence-electron chi connectivity index (χ1n) is 5.08. The Bertz CT molecular complexity index is 183. The average molecular weight is 183 g/mol. The van der Waals surface area contributed by atoms with Gasteiger partial charge in [-0.15, -0.1) is 6.58 Å². The maximum absolute atomic E-state index is 6.10. The molecule has 1 aliphatic heterocycles. The summed E-state index contributed by atoms with van der Waals surface area (Å²) in [7, 11) is 0. The van der Waals surface area contributed by atoms with E-state index in [1.807, 2.05) is 6.92 Å². The third kappa shape index (κ3) is 2.82. The summed E-state index contributed by atoms with van der Waals surface area (Å²) in [6.45, 7) is 8.89. The fourth-order valence-electron chi connectivity index (χ4n) is 1.84. The predicted octanol–water partition coefficient (Wildman–Crippen LogP) is 2.24. The van der Waals surface area contributed by atoms with E-state index in [0.717, 1.165) is 25.0 Å². The molecular weight excluding hydrogens is 162 g/mol. The van der Waals surface area contributed by atoms with E-state index >= 15 is 0 Å². The van der Waals surface area contributed by atoms with E-state index in [-0.39, 0.29) is 11.6 Å². The van der Waals surface area contributed by atoms with Gasteiger partial charge in [-0.1, -0.05) is 5.57 Å². The fraction of sp³-hybridized carbons (Fsp3) is 0.818. The van der Waals surface area contributed by atoms with Gasteiger partial charge in [0.15, 0.2) is 0 Å². The normalized spacial score (nSPS) is 31.3. The molecule has 0 aromatic carbocycles. The van der Waals surface area contributed by atoms with Crippen LogP contribution in [0.15, 0.2) is 12.2 Å². The molecule has 1 fully saturated rings. The molecule has 2 heteroatoms. The van der Waals surface area contributed by atoms with Gasteiger partial charge in [-0.05, 0) is 39.5 Å². The Morgan fingerprint density at radius 3 is 2.77 bits per heavy atom. The first-order valence-corrected chi connectivity index (χ1v) is 5.08. The average Bonchev–Trinajstić information content (AvgIpc) is 2.04. The highest BCUT2D eigenvalue weighted by molar-refractivity contribution is 4.99. The van der Waals surface area contributed by atoms with Gasteiger partial charge in [0.25, 0.3) is 0 Å². The predicted molar refractivity (Wildman–Crippen MR) is 55.6 cm³/mol. The van der Waals surface area contributed by atoms with Crippen molar-refractivity contribution < 1.29 is 4.74 Å². The molecule has 0 aliphatic carbocycles. The van der Waals surface area contributed by atoms with Crippen molar-refractivity contribution in [3.05, 3.63) is 12.2 Å². The minimum Gasteiger partial charge on any atom is -0.374 e. The quantitative estimate of drug-likeness (QED) is 0.681. The van der Waals surface area contributed by atoms with Gasteiger partial charge in [0.2, 0.25) is 0 Å². The van der Waals surface area contributed by atoms with Crippen LogP contribution in [0.4, 0.5) is 0 Å². The molecule has 2 nitrogen and oxygen atoms in total. The third-order valence-electron chi connectivity index (χ3n) is 2.85. The van der Waals surface area contributed by atoms with Crippen molar-refractivity contribution >= 4 is 0 Å². The number of rotatable bonds is 3. The van der Waals surface area contributed by atoms with Gasteiger partial charge in [-0.25, -0.2) is 0 Å². The lowest BCUT2D eigenvalue weighted by molar-refractivity contribution is -0.0808. The van der Waals surface area contributed by atoms with Crippen molar-refractivity contribution in [2.75, 3.05) is 6.61 Å². The van der Waals surface area contributed by atoms with Crippen LogP contribution < -0.4 is 5.73 Å². The Hall–Kier alpha value is -0.340. The molecular formula is C11H21NO. The molecule has 2 atom stereocenters. The molecule has 0 bridgehead atoms. The minimum atomic E-state index is -0.114. The molecule has 0 aromatic heterocycles. The second-order valence-electron chi connectivity index (χ2n) is 4.39. The van der Waals surface area contributed by atoms with Gasteiger partial charge in [-0.2, -0.15) is 0 Å². The van der Waals surface area contributed by atoms with E-state index in [1.165, 1.54) is 12.8 Å². The zero-order valence-electron chi connectivity index (χ0n) is 8.81. The Balaban J connectivity index is 2.51. The molecule has 0 spiro atoms. The third-order valence-corrected chi connectivity index (χ3v) is 2.85. The first-order chi connectivity index (χ1) is 6.04. The van der Waals surface area contributed by atoms with Gasteiger partial charge in [0.1, 0.15) is 0 Å². The lowest BCUT2D eigenvalue weighted by Crippen LogP contribution is -2.49. The molecule has 1 rings (SSSR count). The van der Waals surface area contributed by atoms with Crippen LogP contribution in [-0.4, -0.2) is 18.2 Å². The van der Waals surface area contributed by atoms with Crippen molar-refractivity contribution in [3.8, 4) is 0 Å². The van der Waals surface area contributed by atoms with Crippen molar-refractivity contribution in [1.29, 1.82) is 0 Å². The van der Waals surface area contributed by atoms with Crippen molar-refractivity contribution in [2.24, 2.45) is 5.73 Å². The van der Waals surface area contributed by atoms with Gasteiger partial charge in [-0.3, -0.25) is 0 Å². The summed E-state index contributed by atoms with van der Waals surface area (Å²) in [6, 6.07) is 0.102. The van der Waals surface area contributed by atoms with Gasteiger partial charge >= 0.3 is 0 Å². The van der Waals surface area contributed by atoms with Crippen LogP contribution in [0.25, 0.3) is 0 Å². The van der Waals surface area contributed by atoms with Crippen LogP contribution in [0.5, 0.6) is 0 Å². The Labute approximate surface area is 81.1 Å². The van der Waals surface area contributed by atoms with E-state index < -0.39 is 0 Å².